The third-order valence-corrected chi connectivity index (χ3v) is 10.7. The number of aliphatic carboxylic acids is 2. The Balaban J connectivity index is -0.0000000927. The van der Waals surface area contributed by atoms with Crippen LogP contribution < -0.4 is 10.6 Å². The van der Waals surface area contributed by atoms with Gasteiger partial charge in [-0.3, -0.25) is 19.6 Å². The average Bonchev–Trinajstić information content (AvgIpc) is 3.82. The number of carboxylic acid groups (broad SMARTS) is 2. The molecular weight excluding hydrogens is 1060 g/mol. The second kappa shape index (κ2) is 51.2. The zero-order chi connectivity index (χ0) is 36.7. The smallest absolute Gasteiger partial charge is 0.480 e. The van der Waals surface area contributed by atoms with Gasteiger partial charge in [0.15, 0.2) is 6.61 Å². The van der Waals surface area contributed by atoms with Gasteiger partial charge in [-0.1, -0.05) is 53.2 Å². The molecule has 1 aromatic rings. The zero-order valence-electron chi connectivity index (χ0n) is 29.5. The van der Waals surface area contributed by atoms with E-state index in [9.17, 15) is 19.2 Å². The van der Waals surface area contributed by atoms with Gasteiger partial charge in [-0.2, -0.15) is 0 Å². The molecule has 2 rings (SSSR count). The summed E-state index contributed by atoms with van der Waals surface area (Å²) in [6.45, 7) is 14.5. The molecule has 0 spiro atoms. The number of rotatable bonds is 13. The van der Waals surface area contributed by atoms with Crippen molar-refractivity contribution in [1.82, 2.24) is 26.0 Å². The Kier molecular flexibility index (Phi) is 64.5. The van der Waals surface area contributed by atoms with Crippen LogP contribution in [-0.2, 0) is 75.2 Å². The summed E-state index contributed by atoms with van der Waals surface area (Å²) in [7, 11) is 0.892. The van der Waals surface area contributed by atoms with Gasteiger partial charge in [0.05, 0.1) is 0 Å². The van der Waals surface area contributed by atoms with Gasteiger partial charge in [0.2, 0.25) is 0 Å². The minimum absolute atomic E-state index is 0. The molecule has 5 N–H and O–H groups in total. The molecule has 22 heteroatoms. The number of carbonyl (C=O) groups is 4. The number of aromatic amines is 1. The molecule has 0 bridgehead atoms. The molecule has 0 saturated carbocycles. The van der Waals surface area contributed by atoms with Gasteiger partial charge in [-0.25, -0.2) is 9.59 Å². The summed E-state index contributed by atoms with van der Waals surface area (Å²) in [5.74, 6) is -0.223. The predicted octanol–water partition coefficient (Wildman–Crippen LogP) is 4.68. The molecule has 293 valence electrons. The van der Waals surface area contributed by atoms with Crippen LogP contribution in [0.25, 0.3) is 16.0 Å². The summed E-state index contributed by atoms with van der Waals surface area (Å²) >= 11 is 0. The van der Waals surface area contributed by atoms with Gasteiger partial charge in [0, 0.05) is 21.6 Å². The maximum Gasteiger partial charge on any atom is 1.00 e. The van der Waals surface area contributed by atoms with Crippen LogP contribution in [0.2, 0.25) is 0 Å². The van der Waals surface area contributed by atoms with Crippen LogP contribution in [0.1, 0.15) is 60.1 Å². The SMILES string of the molecule is C#CCOC(=O)NCC(=O)O.C1CCOC1.CCP(CC)CC.CCP(CC)CC.O=C(O)CNC(=O)OCc1[c-]nn[nH]1.[Au+].[Au+].[B].[N-]=[N+]=[N-]. The molecule has 0 unspecified atom stereocenters. The first-order chi connectivity index (χ1) is 22.5. The summed E-state index contributed by atoms with van der Waals surface area (Å²) in [5, 5.41) is 29.4. The van der Waals surface area contributed by atoms with E-state index < -0.39 is 37.2 Å². The Morgan fingerprint density at radius 1 is 0.880 bits per heavy atom. The number of nitrogens with zero attached hydrogens (tertiary/aromatic N) is 5. The Labute approximate surface area is 332 Å². The number of hydrogen-bond donors (Lipinski definition) is 5. The van der Waals surface area contributed by atoms with Gasteiger partial charge in [-0.15, -0.1) is 27.5 Å². The molecule has 1 aliphatic rings. The number of hydrogen-bond acceptors (Lipinski definition) is 9. The van der Waals surface area contributed by atoms with Crippen molar-refractivity contribution in [3.8, 4) is 12.3 Å². The van der Waals surface area contributed by atoms with Crippen LogP contribution in [0, 0.1) is 18.5 Å². The summed E-state index contributed by atoms with van der Waals surface area (Å²) in [5.41, 5.74) is 13.9. The normalized spacial score (nSPS) is 9.82. The average molecular weight is 1110 g/mol. The van der Waals surface area contributed by atoms with Crippen molar-refractivity contribution in [1.29, 1.82) is 0 Å². The number of carboxylic acids is 2. The van der Waals surface area contributed by atoms with Crippen LogP contribution >= 0.6 is 15.8 Å². The molecule has 2 amide bonds. The van der Waals surface area contributed by atoms with Crippen molar-refractivity contribution in [3.05, 3.63) is 27.9 Å². The maximum atomic E-state index is 10.8. The van der Waals surface area contributed by atoms with Crippen molar-refractivity contribution >= 4 is 48.4 Å². The maximum absolute atomic E-state index is 10.8. The number of amides is 2. The molecular formula is C28H52Au2BN8O9P2. The van der Waals surface area contributed by atoms with E-state index in [1.807, 2.05) is 10.6 Å². The molecule has 17 nitrogen and oxygen atoms in total. The molecule has 2 heterocycles. The molecule has 1 aliphatic heterocycles. The number of H-pyrrole nitrogens is 1. The first kappa shape index (κ1) is 62.9. The molecule has 1 fully saturated rings. The van der Waals surface area contributed by atoms with Crippen molar-refractivity contribution in [2.45, 2.75) is 61.0 Å². The minimum atomic E-state index is -1.14. The van der Waals surface area contributed by atoms with Crippen LogP contribution in [0.15, 0.2) is 0 Å². The Bertz CT molecular complexity index is 954. The van der Waals surface area contributed by atoms with E-state index >= 15 is 0 Å². The number of alkyl carbamates (subject to hydrolysis) is 2. The van der Waals surface area contributed by atoms with Gasteiger partial charge in [0.25, 0.3) is 0 Å². The molecule has 1 saturated heterocycles. The number of carbonyl (C=O) groups excluding carboxylic acids is 2. The van der Waals surface area contributed by atoms with Crippen molar-refractivity contribution in [2.24, 2.45) is 0 Å². The van der Waals surface area contributed by atoms with E-state index in [2.05, 4.69) is 78.5 Å². The molecule has 3 radical (unpaired) electrons. The first-order valence-electron chi connectivity index (χ1n) is 14.9. The predicted molar refractivity (Wildman–Crippen MR) is 190 cm³/mol. The van der Waals surface area contributed by atoms with Crippen molar-refractivity contribution in [2.75, 3.05) is 69.9 Å². The van der Waals surface area contributed by atoms with E-state index in [1.165, 1.54) is 54.7 Å². The second-order valence-electron chi connectivity index (χ2n) is 8.40. The van der Waals surface area contributed by atoms with Gasteiger partial charge in [0.1, 0.15) is 19.7 Å². The van der Waals surface area contributed by atoms with Crippen LogP contribution in [0.3, 0.4) is 0 Å². The fourth-order valence-corrected chi connectivity index (χ4v) is 5.44. The van der Waals surface area contributed by atoms with E-state index in [0.717, 1.165) is 13.2 Å². The first-order valence-corrected chi connectivity index (χ1v) is 18.7. The van der Waals surface area contributed by atoms with Crippen LogP contribution in [-0.4, -0.2) is 128 Å². The number of terminal acetylenes is 1. The molecule has 0 atom stereocenters. The Morgan fingerprint density at radius 2 is 1.26 bits per heavy atom. The van der Waals surface area contributed by atoms with Crippen molar-refractivity contribution in [3.63, 3.8) is 0 Å². The molecule has 50 heavy (non-hydrogen) atoms. The summed E-state index contributed by atoms with van der Waals surface area (Å²) < 4.78 is 13.8. The number of aromatic nitrogens is 3. The summed E-state index contributed by atoms with van der Waals surface area (Å²) in [6, 6.07) is 0. The Morgan fingerprint density at radius 3 is 1.50 bits per heavy atom. The van der Waals surface area contributed by atoms with Crippen LogP contribution in [0.4, 0.5) is 9.59 Å². The fourth-order valence-electron chi connectivity index (χ4n) is 2.75. The van der Waals surface area contributed by atoms with E-state index in [-0.39, 0.29) is 66.4 Å². The summed E-state index contributed by atoms with van der Waals surface area (Å²) in [4.78, 5) is 42.6. The standard InChI is InChI=1S/C6H7N4O4.C6H7NO4.2C6H15P.C4H8O.2Au.B.N3/c11-5(12)2-7-6(13)14-3-4-1-8-10-9-4;1-2-3-11-6(10)7-4-5(8)9;2*1-4-7(5-2)6-3;1-2-4-5-3-1;;;;1-3-2/h2-3H2,(H,7,13)(H,11,12)(H,8,9,10);1H,3-4H2,(H,7,10)(H,8,9);2*4-6H2,1-3H3;1-4H2;;;;/q-1;;;;;2*+1;;-1. The topological polar surface area (TPSA) is 261 Å². The summed E-state index contributed by atoms with van der Waals surface area (Å²) in [6.07, 6.45) is 16.6. The van der Waals surface area contributed by atoms with E-state index in [1.54, 1.807) is 0 Å². The molecule has 0 aliphatic carbocycles. The van der Waals surface area contributed by atoms with E-state index in [4.69, 9.17) is 32.4 Å². The van der Waals surface area contributed by atoms with Gasteiger partial charge < -0.3 is 57.4 Å². The van der Waals surface area contributed by atoms with Gasteiger partial charge >= 0.3 is 68.9 Å². The van der Waals surface area contributed by atoms with Crippen LogP contribution in [0.5, 0.6) is 0 Å². The quantitative estimate of drug-likeness (QED) is 0.0345. The Hall–Kier alpha value is -2.14. The minimum Gasteiger partial charge on any atom is -0.480 e. The molecule has 0 aromatic carbocycles. The number of ether oxygens (including phenoxy) is 3. The largest absolute Gasteiger partial charge is 1.00 e. The fraction of sp³-hybridized carbons (Fsp3) is 0.714. The van der Waals surface area contributed by atoms with E-state index in [0.29, 0.717) is 21.5 Å². The third kappa shape index (κ3) is 55.3. The van der Waals surface area contributed by atoms with Gasteiger partial charge in [-0.05, 0) is 49.8 Å². The zero-order valence-corrected chi connectivity index (χ0v) is 35.7. The monoisotopic (exact) mass is 1110 g/mol. The number of nitrogens with one attached hydrogen (secondary N) is 3. The third-order valence-electron chi connectivity index (χ3n) is 5.33. The van der Waals surface area contributed by atoms with Crippen molar-refractivity contribution < 1.29 is 88.4 Å². The second-order valence-corrected chi connectivity index (χ2v) is 14.9. The molecule has 1 aromatic heterocycles.